The van der Waals surface area contributed by atoms with E-state index in [1.165, 1.54) is 12.1 Å². The SMILES string of the molecule is CCn1nccc1C(=O)N[C@H](C(=O)Nc1ccc([C@H](C)[C@@H](NC(=O)NC2CC2)C(=O)N2CCN(C)CC2)cc1F)[C@H]1CC[C@H](C)CC1. The van der Waals surface area contributed by atoms with Crippen LogP contribution in [-0.2, 0) is 16.1 Å². The third-order valence-electron chi connectivity index (χ3n) is 9.91. The monoisotopic (exact) mass is 652 g/mol. The van der Waals surface area contributed by atoms with E-state index in [4.69, 9.17) is 0 Å². The summed E-state index contributed by atoms with van der Waals surface area (Å²) in [6, 6.07) is 4.02. The zero-order chi connectivity index (χ0) is 33.7. The van der Waals surface area contributed by atoms with E-state index in [1.807, 2.05) is 14.0 Å². The van der Waals surface area contributed by atoms with Crippen molar-refractivity contribution in [3.8, 4) is 0 Å². The average molecular weight is 653 g/mol. The van der Waals surface area contributed by atoms with Gasteiger partial charge in [0.15, 0.2) is 0 Å². The number of benzene rings is 1. The molecule has 12 nitrogen and oxygen atoms in total. The van der Waals surface area contributed by atoms with Crippen LogP contribution in [-0.4, -0.2) is 94.7 Å². The van der Waals surface area contributed by atoms with Gasteiger partial charge < -0.3 is 31.1 Å². The molecule has 5 amide bonds. The maximum atomic E-state index is 15.7. The number of likely N-dealkylation sites (N-methyl/N-ethyl adjacent to an activating group) is 1. The third-order valence-corrected chi connectivity index (χ3v) is 9.91. The highest BCUT2D eigenvalue weighted by molar-refractivity contribution is 6.00. The van der Waals surface area contributed by atoms with Gasteiger partial charge in [-0.15, -0.1) is 0 Å². The average Bonchev–Trinajstić information content (AvgIpc) is 3.74. The van der Waals surface area contributed by atoms with Gasteiger partial charge in [-0.3, -0.25) is 19.1 Å². The summed E-state index contributed by atoms with van der Waals surface area (Å²) in [5.74, 6) is -1.86. The second-order valence-corrected chi connectivity index (χ2v) is 13.5. The highest BCUT2D eigenvalue weighted by atomic mass is 19.1. The molecule has 3 fully saturated rings. The second kappa shape index (κ2) is 15.3. The van der Waals surface area contributed by atoms with E-state index >= 15 is 4.39 Å². The number of carbonyl (C=O) groups is 4. The largest absolute Gasteiger partial charge is 0.339 e. The molecule has 0 spiro atoms. The predicted molar refractivity (Wildman–Crippen MR) is 176 cm³/mol. The summed E-state index contributed by atoms with van der Waals surface area (Å²) in [6.45, 7) is 8.91. The fourth-order valence-electron chi connectivity index (χ4n) is 6.55. The van der Waals surface area contributed by atoms with Gasteiger partial charge in [-0.05, 0) is 75.3 Å². The Bertz CT molecular complexity index is 1430. The van der Waals surface area contributed by atoms with E-state index in [0.29, 0.717) is 36.8 Å². The molecule has 4 N–H and O–H groups in total. The Morgan fingerprint density at radius 3 is 2.32 bits per heavy atom. The van der Waals surface area contributed by atoms with Crippen molar-refractivity contribution in [1.82, 2.24) is 35.5 Å². The number of rotatable bonds is 11. The summed E-state index contributed by atoms with van der Waals surface area (Å²) < 4.78 is 17.3. The van der Waals surface area contributed by atoms with Gasteiger partial charge in [0.05, 0.1) is 5.69 Å². The van der Waals surface area contributed by atoms with Crippen molar-refractivity contribution in [2.75, 3.05) is 38.5 Å². The Kier molecular flexibility index (Phi) is 11.2. The molecular weight excluding hydrogens is 603 g/mol. The van der Waals surface area contributed by atoms with E-state index in [-0.39, 0.29) is 23.6 Å². The van der Waals surface area contributed by atoms with Crippen LogP contribution >= 0.6 is 0 Å². The fourth-order valence-corrected chi connectivity index (χ4v) is 6.55. The molecule has 0 unspecified atom stereocenters. The molecule has 0 bridgehead atoms. The molecule has 1 aromatic heterocycles. The van der Waals surface area contributed by atoms with Crippen LogP contribution in [0.5, 0.6) is 0 Å². The van der Waals surface area contributed by atoms with Gasteiger partial charge in [0.2, 0.25) is 11.8 Å². The molecule has 0 radical (unpaired) electrons. The molecule has 2 aromatic rings. The van der Waals surface area contributed by atoms with Crippen LogP contribution in [0.2, 0.25) is 0 Å². The molecule has 47 heavy (non-hydrogen) atoms. The maximum absolute atomic E-state index is 15.7. The third kappa shape index (κ3) is 8.68. The number of carbonyl (C=O) groups excluding carboxylic acids is 4. The predicted octanol–water partition coefficient (Wildman–Crippen LogP) is 3.31. The van der Waals surface area contributed by atoms with E-state index in [0.717, 1.165) is 51.6 Å². The Balaban J connectivity index is 1.31. The fraction of sp³-hybridized carbons (Fsp3) is 0.618. The molecule has 2 heterocycles. The molecule has 1 saturated heterocycles. The van der Waals surface area contributed by atoms with E-state index in [9.17, 15) is 19.2 Å². The Morgan fingerprint density at radius 2 is 1.68 bits per heavy atom. The number of nitrogens with one attached hydrogen (secondary N) is 4. The number of piperazine rings is 1. The van der Waals surface area contributed by atoms with E-state index in [2.05, 4.69) is 38.2 Å². The Morgan fingerprint density at radius 1 is 0.979 bits per heavy atom. The van der Waals surface area contributed by atoms with Crippen molar-refractivity contribution in [3.63, 3.8) is 0 Å². The number of hydrogen-bond donors (Lipinski definition) is 4. The lowest BCUT2D eigenvalue weighted by Crippen LogP contribution is -2.57. The number of anilines is 1. The first-order chi connectivity index (χ1) is 22.5. The summed E-state index contributed by atoms with van der Waals surface area (Å²) >= 11 is 0. The van der Waals surface area contributed by atoms with Crippen molar-refractivity contribution in [2.45, 2.75) is 89.9 Å². The summed E-state index contributed by atoms with van der Waals surface area (Å²) in [7, 11) is 2.00. The first kappa shape index (κ1) is 34.3. The zero-order valence-corrected chi connectivity index (χ0v) is 27.9. The molecule has 256 valence electrons. The van der Waals surface area contributed by atoms with Gasteiger partial charge >= 0.3 is 6.03 Å². The van der Waals surface area contributed by atoms with Crippen LogP contribution in [0.15, 0.2) is 30.5 Å². The molecule has 1 aliphatic heterocycles. The van der Waals surface area contributed by atoms with Gasteiger partial charge in [-0.2, -0.15) is 5.10 Å². The summed E-state index contributed by atoms with van der Waals surface area (Å²) in [4.78, 5) is 57.3. The van der Waals surface area contributed by atoms with Crippen molar-refractivity contribution in [2.24, 2.45) is 11.8 Å². The van der Waals surface area contributed by atoms with Crippen LogP contribution in [0.25, 0.3) is 0 Å². The molecule has 13 heteroatoms. The van der Waals surface area contributed by atoms with Crippen molar-refractivity contribution >= 4 is 29.4 Å². The Labute approximate surface area is 276 Å². The number of hydrogen-bond acceptors (Lipinski definition) is 6. The lowest BCUT2D eigenvalue weighted by Gasteiger charge is -2.36. The minimum atomic E-state index is -0.901. The number of amides is 5. The van der Waals surface area contributed by atoms with Crippen LogP contribution in [0.4, 0.5) is 14.9 Å². The number of aryl methyl sites for hydroxylation is 1. The molecule has 2 aliphatic carbocycles. The van der Waals surface area contributed by atoms with Gasteiger partial charge in [-0.25, -0.2) is 9.18 Å². The van der Waals surface area contributed by atoms with Crippen LogP contribution in [0, 0.1) is 17.7 Å². The quantitative estimate of drug-likeness (QED) is 0.294. The Hall–Kier alpha value is -4.00. The van der Waals surface area contributed by atoms with E-state index in [1.54, 1.807) is 34.8 Å². The first-order valence-electron chi connectivity index (χ1n) is 17.0. The minimum absolute atomic E-state index is 0.0191. The summed E-state index contributed by atoms with van der Waals surface area (Å²) in [5.41, 5.74) is 0.854. The highest BCUT2D eigenvalue weighted by Crippen LogP contribution is 2.32. The van der Waals surface area contributed by atoms with Crippen LogP contribution in [0.3, 0.4) is 0 Å². The number of nitrogens with zero attached hydrogens (tertiary/aromatic N) is 4. The number of halogens is 1. The lowest BCUT2D eigenvalue weighted by molar-refractivity contribution is -0.135. The standard InChI is InChI=1S/C34H49FN8O4/c1-5-43-28(14-15-36-43)31(44)39-30(23-8-6-21(2)7-9-23)32(45)38-27-13-10-24(20-26(27)35)22(3)29(40-34(47)37-25-11-12-25)33(46)42-18-16-41(4)17-19-42/h10,13-15,20-23,25,29-30H,5-9,11-12,16-19H2,1-4H3,(H,38,45)(H,39,44)(H2,37,40,47)/t21-,22-,23-,29+,30-/m0/s1. The topological polar surface area (TPSA) is 141 Å². The minimum Gasteiger partial charge on any atom is -0.339 e. The maximum Gasteiger partial charge on any atom is 0.315 e. The summed E-state index contributed by atoms with van der Waals surface area (Å²) in [5, 5.41) is 15.6. The van der Waals surface area contributed by atoms with Gasteiger partial charge in [-0.1, -0.05) is 32.8 Å². The lowest BCUT2D eigenvalue weighted by atomic mass is 9.79. The first-order valence-corrected chi connectivity index (χ1v) is 17.0. The van der Waals surface area contributed by atoms with Gasteiger partial charge in [0.25, 0.3) is 5.91 Å². The normalized spacial score (nSPS) is 22.1. The second-order valence-electron chi connectivity index (χ2n) is 13.5. The molecule has 1 aromatic carbocycles. The highest BCUT2D eigenvalue weighted by Gasteiger charge is 2.36. The number of urea groups is 1. The van der Waals surface area contributed by atoms with Gasteiger partial charge in [0.1, 0.15) is 23.6 Å². The zero-order valence-electron chi connectivity index (χ0n) is 27.9. The molecule has 5 rings (SSSR count). The molecule has 2 saturated carbocycles. The molecule has 3 atom stereocenters. The van der Waals surface area contributed by atoms with Crippen molar-refractivity contribution in [3.05, 3.63) is 47.5 Å². The van der Waals surface area contributed by atoms with Gasteiger partial charge in [0, 0.05) is 50.9 Å². The van der Waals surface area contributed by atoms with Crippen LogP contribution in [0.1, 0.15) is 81.3 Å². The molecular formula is C34H49FN8O4. The van der Waals surface area contributed by atoms with Crippen molar-refractivity contribution < 1.29 is 23.6 Å². The van der Waals surface area contributed by atoms with Crippen LogP contribution < -0.4 is 21.3 Å². The molecule has 3 aliphatic rings. The van der Waals surface area contributed by atoms with Crippen molar-refractivity contribution in [1.29, 1.82) is 0 Å². The summed E-state index contributed by atoms with van der Waals surface area (Å²) in [6.07, 6.45) is 6.80. The number of aromatic nitrogens is 2. The smallest absolute Gasteiger partial charge is 0.315 e. The van der Waals surface area contributed by atoms with E-state index < -0.39 is 41.7 Å².